The van der Waals surface area contributed by atoms with Gasteiger partial charge in [0, 0.05) is 30.5 Å². The minimum absolute atomic E-state index is 0. The Bertz CT molecular complexity index is 731. The van der Waals surface area contributed by atoms with Crippen LogP contribution in [0.2, 0.25) is 0 Å². The van der Waals surface area contributed by atoms with E-state index in [-0.39, 0.29) is 24.0 Å². The lowest BCUT2D eigenvalue weighted by Gasteiger charge is -2.29. The molecule has 0 spiro atoms. The van der Waals surface area contributed by atoms with Gasteiger partial charge in [-0.3, -0.25) is 0 Å². The summed E-state index contributed by atoms with van der Waals surface area (Å²) in [5, 5.41) is 3.16. The smallest absolute Gasteiger partial charge is 0.193 e. The number of guanidine groups is 1. The number of ether oxygens (including phenoxy) is 1. The molecule has 1 aromatic heterocycles. The molecule has 3 N–H and O–H groups in total. The number of pyridine rings is 1. The zero-order valence-corrected chi connectivity index (χ0v) is 17.3. The van der Waals surface area contributed by atoms with Crippen molar-refractivity contribution in [2.24, 2.45) is 10.7 Å². The molecule has 140 valence electrons. The van der Waals surface area contributed by atoms with Gasteiger partial charge in [-0.15, -0.1) is 24.0 Å². The molecule has 2 aromatic rings. The van der Waals surface area contributed by atoms with Crippen molar-refractivity contribution < 1.29 is 4.74 Å². The highest BCUT2D eigenvalue weighted by atomic mass is 127. The second-order valence-electron chi connectivity index (χ2n) is 5.97. The summed E-state index contributed by atoms with van der Waals surface area (Å²) in [7, 11) is 0. The third-order valence-electron chi connectivity index (χ3n) is 4.21. The molecule has 1 aromatic carbocycles. The number of aryl methyl sites for hydroxylation is 1. The minimum atomic E-state index is 0. The number of nitrogens with zero attached hydrogens (tertiary/aromatic N) is 3. The van der Waals surface area contributed by atoms with Gasteiger partial charge in [0.25, 0.3) is 0 Å². The summed E-state index contributed by atoms with van der Waals surface area (Å²) in [6.45, 7) is 5.79. The van der Waals surface area contributed by atoms with Gasteiger partial charge in [0.15, 0.2) is 5.96 Å². The van der Waals surface area contributed by atoms with Gasteiger partial charge in [0.2, 0.25) is 0 Å². The number of nitrogens with two attached hydrogens (primary N) is 1. The Morgan fingerprint density at radius 1 is 1.27 bits per heavy atom. The molecule has 0 aliphatic carbocycles. The van der Waals surface area contributed by atoms with E-state index >= 15 is 0 Å². The van der Waals surface area contributed by atoms with Crippen molar-refractivity contribution in [1.82, 2.24) is 4.98 Å². The van der Waals surface area contributed by atoms with Crippen LogP contribution in [0.3, 0.4) is 0 Å². The predicted molar refractivity (Wildman–Crippen MR) is 117 cm³/mol. The van der Waals surface area contributed by atoms with Gasteiger partial charge in [-0.2, -0.15) is 0 Å². The Labute approximate surface area is 171 Å². The monoisotopic (exact) mass is 467 g/mol. The molecule has 0 bridgehead atoms. The van der Waals surface area contributed by atoms with E-state index in [1.165, 1.54) is 5.56 Å². The molecular weight excluding hydrogens is 441 g/mol. The van der Waals surface area contributed by atoms with E-state index in [0.717, 1.165) is 49.8 Å². The van der Waals surface area contributed by atoms with Crippen molar-refractivity contribution in [3.8, 4) is 0 Å². The standard InChI is InChI=1S/C19H25N5O.HI/c1-2-15-5-3-7-17(13-15)23-19(20)22-14-16-6-4-8-21-18(16)24-9-11-25-12-10-24;/h3-8,13H,2,9-12,14H2,1H3,(H3,20,22,23);1H. The Morgan fingerprint density at radius 2 is 2.08 bits per heavy atom. The van der Waals surface area contributed by atoms with Crippen molar-refractivity contribution in [3.63, 3.8) is 0 Å². The minimum Gasteiger partial charge on any atom is -0.378 e. The number of aromatic nitrogens is 1. The summed E-state index contributed by atoms with van der Waals surface area (Å²) < 4.78 is 5.42. The van der Waals surface area contributed by atoms with E-state index in [4.69, 9.17) is 10.5 Å². The lowest BCUT2D eigenvalue weighted by molar-refractivity contribution is 0.122. The van der Waals surface area contributed by atoms with Crippen LogP contribution in [-0.4, -0.2) is 37.2 Å². The van der Waals surface area contributed by atoms with Crippen molar-refractivity contribution in [2.75, 3.05) is 36.5 Å². The molecule has 0 amide bonds. The van der Waals surface area contributed by atoms with E-state index in [0.29, 0.717) is 12.5 Å². The van der Waals surface area contributed by atoms with E-state index in [2.05, 4.69) is 39.2 Å². The van der Waals surface area contributed by atoms with E-state index in [1.54, 1.807) is 0 Å². The van der Waals surface area contributed by atoms with Crippen LogP contribution in [0.15, 0.2) is 47.6 Å². The SMILES string of the molecule is CCc1cccc(NC(N)=NCc2cccnc2N2CCOCC2)c1.I. The Kier molecular flexibility index (Phi) is 8.11. The number of morpholine rings is 1. The molecule has 6 nitrogen and oxygen atoms in total. The molecule has 1 fully saturated rings. The van der Waals surface area contributed by atoms with E-state index in [1.807, 2.05) is 30.5 Å². The molecule has 0 saturated carbocycles. The van der Waals surface area contributed by atoms with Gasteiger partial charge in [-0.05, 0) is 30.2 Å². The van der Waals surface area contributed by atoms with Crippen molar-refractivity contribution in [1.29, 1.82) is 0 Å². The normalized spacial score (nSPS) is 14.7. The average molecular weight is 467 g/mol. The summed E-state index contributed by atoms with van der Waals surface area (Å²) in [4.78, 5) is 11.3. The molecule has 7 heteroatoms. The van der Waals surface area contributed by atoms with Gasteiger partial charge in [0.1, 0.15) is 5.82 Å². The molecule has 1 aliphatic heterocycles. The maximum absolute atomic E-state index is 6.06. The lowest BCUT2D eigenvalue weighted by Crippen LogP contribution is -2.37. The number of nitrogens with one attached hydrogen (secondary N) is 1. The Morgan fingerprint density at radius 3 is 2.85 bits per heavy atom. The maximum Gasteiger partial charge on any atom is 0.193 e. The largest absolute Gasteiger partial charge is 0.378 e. The van der Waals surface area contributed by atoms with Crippen LogP contribution in [0.5, 0.6) is 0 Å². The van der Waals surface area contributed by atoms with Gasteiger partial charge in [0.05, 0.1) is 19.8 Å². The zero-order valence-electron chi connectivity index (χ0n) is 15.0. The molecule has 0 atom stereocenters. The number of aliphatic imine (C=N–C) groups is 1. The van der Waals surface area contributed by atoms with Crippen LogP contribution >= 0.6 is 24.0 Å². The van der Waals surface area contributed by atoms with Crippen molar-refractivity contribution in [2.45, 2.75) is 19.9 Å². The summed E-state index contributed by atoms with van der Waals surface area (Å²) in [5.74, 6) is 1.38. The lowest BCUT2D eigenvalue weighted by atomic mass is 10.1. The van der Waals surface area contributed by atoms with Crippen LogP contribution in [0, 0.1) is 0 Å². The highest BCUT2D eigenvalue weighted by Gasteiger charge is 2.15. The van der Waals surface area contributed by atoms with E-state index < -0.39 is 0 Å². The fourth-order valence-corrected chi connectivity index (χ4v) is 2.84. The zero-order chi connectivity index (χ0) is 17.5. The van der Waals surface area contributed by atoms with Crippen LogP contribution in [-0.2, 0) is 17.7 Å². The summed E-state index contributed by atoms with van der Waals surface area (Å²) >= 11 is 0. The number of hydrogen-bond donors (Lipinski definition) is 2. The highest BCUT2D eigenvalue weighted by Crippen LogP contribution is 2.19. The molecule has 1 saturated heterocycles. The van der Waals surface area contributed by atoms with Crippen molar-refractivity contribution in [3.05, 3.63) is 53.7 Å². The van der Waals surface area contributed by atoms with Crippen LogP contribution in [0.25, 0.3) is 0 Å². The van der Waals surface area contributed by atoms with Gasteiger partial charge < -0.3 is 20.7 Å². The first-order valence-electron chi connectivity index (χ1n) is 8.68. The first-order valence-corrected chi connectivity index (χ1v) is 8.68. The fraction of sp³-hybridized carbons (Fsp3) is 0.368. The second-order valence-corrected chi connectivity index (χ2v) is 5.97. The highest BCUT2D eigenvalue weighted by molar-refractivity contribution is 14.0. The van der Waals surface area contributed by atoms with Crippen LogP contribution in [0.1, 0.15) is 18.1 Å². The van der Waals surface area contributed by atoms with Gasteiger partial charge in [-0.1, -0.05) is 25.1 Å². The third-order valence-corrected chi connectivity index (χ3v) is 4.21. The Hall–Kier alpha value is -1.87. The fourth-order valence-electron chi connectivity index (χ4n) is 2.84. The number of hydrogen-bond acceptors (Lipinski definition) is 4. The van der Waals surface area contributed by atoms with E-state index in [9.17, 15) is 0 Å². The first-order chi connectivity index (χ1) is 12.3. The molecule has 0 unspecified atom stereocenters. The number of anilines is 2. The van der Waals surface area contributed by atoms with Gasteiger partial charge in [-0.25, -0.2) is 9.98 Å². The van der Waals surface area contributed by atoms with Crippen molar-refractivity contribution >= 4 is 41.4 Å². The second kappa shape index (κ2) is 10.3. The maximum atomic E-state index is 6.06. The summed E-state index contributed by atoms with van der Waals surface area (Å²) in [5.41, 5.74) is 9.35. The predicted octanol–water partition coefficient (Wildman–Crippen LogP) is 3.03. The third kappa shape index (κ3) is 5.57. The number of halogens is 1. The molecule has 3 rings (SSSR count). The number of rotatable bonds is 5. The molecule has 2 heterocycles. The Balaban J connectivity index is 0.00000243. The summed E-state index contributed by atoms with van der Waals surface area (Å²) in [6, 6.07) is 12.2. The molecule has 26 heavy (non-hydrogen) atoms. The van der Waals surface area contributed by atoms with Gasteiger partial charge >= 0.3 is 0 Å². The number of benzene rings is 1. The van der Waals surface area contributed by atoms with Crippen LogP contribution in [0.4, 0.5) is 11.5 Å². The molecule has 0 radical (unpaired) electrons. The molecular formula is C19H26IN5O. The summed E-state index contributed by atoms with van der Waals surface area (Å²) in [6.07, 6.45) is 2.81. The average Bonchev–Trinajstić information content (AvgIpc) is 2.67. The first kappa shape index (κ1) is 20.4. The quantitative estimate of drug-likeness (QED) is 0.402. The topological polar surface area (TPSA) is 75.8 Å². The van der Waals surface area contributed by atoms with Crippen LogP contribution < -0.4 is 16.0 Å². The molecule has 1 aliphatic rings.